The number of para-hydroxylation sites is 1. The SMILES string of the molecule is Cc1cccc2sc(N3CC(Cn4ccnc4C)C3)nc12. The van der Waals surface area contributed by atoms with E-state index in [1.54, 1.807) is 11.3 Å². The van der Waals surface area contributed by atoms with Gasteiger partial charge in [-0.2, -0.15) is 0 Å². The number of nitrogens with zero attached hydrogens (tertiary/aromatic N) is 4. The molecule has 4 nitrogen and oxygen atoms in total. The second-order valence-corrected chi connectivity index (χ2v) is 6.83. The number of imidazole rings is 1. The van der Waals surface area contributed by atoms with Crippen molar-refractivity contribution in [3.8, 4) is 0 Å². The summed E-state index contributed by atoms with van der Waals surface area (Å²) in [5.74, 6) is 1.80. The Bertz CT molecular complexity index is 783. The van der Waals surface area contributed by atoms with Crippen LogP contribution in [0.4, 0.5) is 5.13 Å². The lowest BCUT2D eigenvalue weighted by molar-refractivity contribution is 0.354. The maximum atomic E-state index is 4.81. The Labute approximate surface area is 128 Å². The fourth-order valence-electron chi connectivity index (χ4n) is 2.93. The van der Waals surface area contributed by atoms with Gasteiger partial charge in [0.15, 0.2) is 5.13 Å². The minimum atomic E-state index is 0.700. The summed E-state index contributed by atoms with van der Waals surface area (Å²) < 4.78 is 3.53. The van der Waals surface area contributed by atoms with Crippen LogP contribution in [0.25, 0.3) is 10.2 Å². The van der Waals surface area contributed by atoms with Gasteiger partial charge in [0.2, 0.25) is 0 Å². The highest BCUT2D eigenvalue weighted by Gasteiger charge is 2.29. The number of aryl methyl sites for hydroxylation is 2. The quantitative estimate of drug-likeness (QED) is 0.744. The molecular weight excluding hydrogens is 280 g/mol. The molecule has 1 fully saturated rings. The molecular formula is C16H18N4S. The van der Waals surface area contributed by atoms with Crippen LogP contribution in [0.15, 0.2) is 30.6 Å². The predicted octanol–water partition coefficient (Wildman–Crippen LogP) is 3.25. The molecule has 0 unspecified atom stereocenters. The minimum Gasteiger partial charge on any atom is -0.347 e. The van der Waals surface area contributed by atoms with Crippen molar-refractivity contribution < 1.29 is 0 Å². The fraction of sp³-hybridized carbons (Fsp3) is 0.375. The number of aromatic nitrogens is 3. The Kier molecular flexibility index (Phi) is 2.96. The molecule has 0 bridgehead atoms. The van der Waals surface area contributed by atoms with Crippen LogP contribution in [0.2, 0.25) is 0 Å². The molecule has 2 aromatic heterocycles. The molecule has 5 heteroatoms. The van der Waals surface area contributed by atoms with E-state index in [2.05, 4.69) is 52.7 Å². The van der Waals surface area contributed by atoms with Crippen molar-refractivity contribution in [2.45, 2.75) is 20.4 Å². The van der Waals surface area contributed by atoms with Gasteiger partial charge in [0.1, 0.15) is 5.82 Å². The van der Waals surface area contributed by atoms with Crippen molar-refractivity contribution in [1.29, 1.82) is 0 Å². The summed E-state index contributed by atoms with van der Waals surface area (Å²) in [5, 5.41) is 1.16. The summed E-state index contributed by atoms with van der Waals surface area (Å²) in [7, 11) is 0. The van der Waals surface area contributed by atoms with Crippen molar-refractivity contribution in [2.24, 2.45) is 5.92 Å². The Hall–Kier alpha value is -1.88. The monoisotopic (exact) mass is 298 g/mol. The average molecular weight is 298 g/mol. The highest BCUT2D eigenvalue weighted by Crippen LogP contribution is 2.34. The van der Waals surface area contributed by atoms with Crippen LogP contribution in [0.3, 0.4) is 0 Å². The van der Waals surface area contributed by atoms with E-state index >= 15 is 0 Å². The molecule has 3 aromatic rings. The first-order chi connectivity index (χ1) is 10.2. The van der Waals surface area contributed by atoms with Gasteiger partial charge in [-0.3, -0.25) is 0 Å². The van der Waals surface area contributed by atoms with Gasteiger partial charge in [0.05, 0.1) is 10.2 Å². The number of fused-ring (bicyclic) bond motifs is 1. The van der Waals surface area contributed by atoms with Gasteiger partial charge in [-0.05, 0) is 25.5 Å². The van der Waals surface area contributed by atoms with E-state index in [1.807, 2.05) is 6.20 Å². The van der Waals surface area contributed by atoms with Crippen molar-refractivity contribution in [3.63, 3.8) is 0 Å². The van der Waals surface area contributed by atoms with Crippen molar-refractivity contribution in [1.82, 2.24) is 14.5 Å². The third-order valence-corrected chi connectivity index (χ3v) is 5.30. The normalized spacial score (nSPS) is 15.6. The van der Waals surface area contributed by atoms with Gasteiger partial charge in [-0.25, -0.2) is 9.97 Å². The maximum absolute atomic E-state index is 4.81. The number of rotatable bonds is 3. The van der Waals surface area contributed by atoms with Gasteiger partial charge in [-0.1, -0.05) is 23.5 Å². The topological polar surface area (TPSA) is 34.0 Å². The first kappa shape index (κ1) is 12.8. The zero-order chi connectivity index (χ0) is 14.4. The lowest BCUT2D eigenvalue weighted by atomic mass is 10.0. The molecule has 4 rings (SSSR count). The van der Waals surface area contributed by atoms with E-state index in [1.165, 1.54) is 10.3 Å². The number of hydrogen-bond donors (Lipinski definition) is 0. The molecule has 0 radical (unpaired) electrons. The number of anilines is 1. The first-order valence-electron chi connectivity index (χ1n) is 7.29. The van der Waals surface area contributed by atoms with Crippen LogP contribution in [0.1, 0.15) is 11.4 Å². The van der Waals surface area contributed by atoms with Gasteiger partial charge >= 0.3 is 0 Å². The van der Waals surface area contributed by atoms with Gasteiger partial charge in [0, 0.05) is 37.9 Å². The second kappa shape index (κ2) is 4.84. The molecule has 0 atom stereocenters. The molecule has 108 valence electrons. The summed E-state index contributed by atoms with van der Waals surface area (Å²) >= 11 is 1.80. The first-order valence-corrected chi connectivity index (χ1v) is 8.11. The van der Waals surface area contributed by atoms with E-state index in [9.17, 15) is 0 Å². The zero-order valence-corrected chi connectivity index (χ0v) is 13.1. The van der Waals surface area contributed by atoms with E-state index in [-0.39, 0.29) is 0 Å². The Balaban J connectivity index is 1.47. The van der Waals surface area contributed by atoms with Crippen LogP contribution in [0, 0.1) is 19.8 Å². The minimum absolute atomic E-state index is 0.700. The van der Waals surface area contributed by atoms with Crippen molar-refractivity contribution in [3.05, 3.63) is 42.0 Å². The van der Waals surface area contributed by atoms with E-state index in [0.29, 0.717) is 5.92 Å². The molecule has 3 heterocycles. The van der Waals surface area contributed by atoms with Crippen molar-refractivity contribution >= 4 is 26.7 Å². The molecule has 1 saturated heterocycles. The summed E-state index contributed by atoms with van der Waals surface area (Å²) in [4.78, 5) is 11.5. The van der Waals surface area contributed by atoms with Crippen LogP contribution in [0.5, 0.6) is 0 Å². The van der Waals surface area contributed by atoms with Crippen LogP contribution >= 0.6 is 11.3 Å². The molecule has 0 saturated carbocycles. The van der Waals surface area contributed by atoms with Crippen molar-refractivity contribution in [2.75, 3.05) is 18.0 Å². The predicted molar refractivity (Wildman–Crippen MR) is 87.0 cm³/mol. The molecule has 1 aliphatic rings. The van der Waals surface area contributed by atoms with Crippen LogP contribution < -0.4 is 4.90 Å². The molecule has 21 heavy (non-hydrogen) atoms. The summed E-state index contributed by atoms with van der Waals surface area (Å²) in [6.07, 6.45) is 3.95. The third kappa shape index (κ3) is 2.21. The summed E-state index contributed by atoms with van der Waals surface area (Å²) in [6, 6.07) is 6.41. The lowest BCUT2D eigenvalue weighted by Crippen LogP contribution is -2.48. The highest BCUT2D eigenvalue weighted by atomic mass is 32.1. The van der Waals surface area contributed by atoms with Gasteiger partial charge in [-0.15, -0.1) is 0 Å². The number of thiazole rings is 1. The van der Waals surface area contributed by atoms with Gasteiger partial charge < -0.3 is 9.47 Å². The molecule has 1 aromatic carbocycles. The van der Waals surface area contributed by atoms with E-state index in [0.717, 1.165) is 36.1 Å². The zero-order valence-electron chi connectivity index (χ0n) is 12.3. The molecule has 0 amide bonds. The molecule has 1 aliphatic heterocycles. The van der Waals surface area contributed by atoms with Gasteiger partial charge in [0.25, 0.3) is 0 Å². The average Bonchev–Trinajstić information content (AvgIpc) is 3.00. The molecule has 0 spiro atoms. The highest BCUT2D eigenvalue weighted by molar-refractivity contribution is 7.22. The fourth-order valence-corrected chi connectivity index (χ4v) is 3.99. The maximum Gasteiger partial charge on any atom is 0.186 e. The molecule has 0 N–H and O–H groups in total. The Morgan fingerprint density at radius 1 is 1.29 bits per heavy atom. The number of hydrogen-bond acceptors (Lipinski definition) is 4. The van der Waals surface area contributed by atoms with Crippen LogP contribution in [-0.4, -0.2) is 27.6 Å². The van der Waals surface area contributed by atoms with E-state index < -0.39 is 0 Å². The van der Waals surface area contributed by atoms with E-state index in [4.69, 9.17) is 4.98 Å². The smallest absolute Gasteiger partial charge is 0.186 e. The van der Waals surface area contributed by atoms with Crippen LogP contribution in [-0.2, 0) is 6.54 Å². The molecule has 0 aliphatic carbocycles. The summed E-state index contributed by atoms with van der Waals surface area (Å²) in [5.41, 5.74) is 2.42. The largest absolute Gasteiger partial charge is 0.347 e. The lowest BCUT2D eigenvalue weighted by Gasteiger charge is -2.39. The standard InChI is InChI=1S/C16H18N4S/c1-11-4-3-5-14-15(11)18-16(21-14)20-9-13(10-20)8-19-7-6-17-12(19)2/h3-7,13H,8-10H2,1-2H3. The number of benzene rings is 1. The second-order valence-electron chi connectivity index (χ2n) is 5.82. The third-order valence-electron chi connectivity index (χ3n) is 4.22. The Morgan fingerprint density at radius 3 is 2.86 bits per heavy atom. The Morgan fingerprint density at radius 2 is 2.14 bits per heavy atom. The summed E-state index contributed by atoms with van der Waals surface area (Å²) in [6.45, 7) is 7.44.